The zero-order chi connectivity index (χ0) is 13.4. The van der Waals surface area contributed by atoms with Gasteiger partial charge in [-0.05, 0) is 17.7 Å². The maximum Gasteiger partial charge on any atom is 0.133 e. The summed E-state index contributed by atoms with van der Waals surface area (Å²) in [6, 6.07) is 6.20. The van der Waals surface area contributed by atoms with E-state index in [0.29, 0.717) is 28.3 Å². The van der Waals surface area contributed by atoms with Gasteiger partial charge in [0.1, 0.15) is 23.0 Å². The van der Waals surface area contributed by atoms with E-state index >= 15 is 0 Å². The summed E-state index contributed by atoms with van der Waals surface area (Å²) in [5, 5.41) is 14.6. The van der Waals surface area contributed by atoms with Crippen molar-refractivity contribution in [3.8, 4) is 22.5 Å². The molecule has 0 fully saturated rings. The molecule has 0 spiro atoms. The molecular weight excluding hydrogens is 247 g/mol. The van der Waals surface area contributed by atoms with Crippen LogP contribution in [0.2, 0.25) is 0 Å². The summed E-state index contributed by atoms with van der Waals surface area (Å²) in [7, 11) is 1.72. The van der Waals surface area contributed by atoms with Gasteiger partial charge in [-0.3, -0.25) is 4.68 Å². The summed E-state index contributed by atoms with van der Waals surface area (Å²) < 4.78 is 14.9. The quantitative estimate of drug-likeness (QED) is 0.731. The fourth-order valence-corrected chi connectivity index (χ4v) is 1.96. The van der Waals surface area contributed by atoms with Gasteiger partial charge in [-0.25, -0.2) is 4.39 Å². The SMILES string of the molecule is Cn1nc(-c2cn[nH]n2)c(-c2cccc(F)c2)c1N. The standard InChI is InChI=1S/C12H11FN6/c1-19-12(14)10(7-3-2-4-8(13)5-7)11(17-19)9-6-15-18-16-9/h2-6H,14H2,1H3,(H,15,16,18). The highest BCUT2D eigenvalue weighted by Gasteiger charge is 2.19. The topological polar surface area (TPSA) is 85.4 Å². The van der Waals surface area contributed by atoms with E-state index in [1.165, 1.54) is 16.8 Å². The molecule has 96 valence electrons. The zero-order valence-electron chi connectivity index (χ0n) is 10.1. The number of hydrogen-bond acceptors (Lipinski definition) is 4. The number of nitrogens with zero attached hydrogens (tertiary/aromatic N) is 4. The molecule has 0 saturated heterocycles. The summed E-state index contributed by atoms with van der Waals surface area (Å²) in [4.78, 5) is 0. The Bertz CT molecular complexity index is 716. The van der Waals surface area contributed by atoms with Crippen LogP contribution in [0, 0.1) is 5.82 Å². The number of anilines is 1. The van der Waals surface area contributed by atoms with Crippen molar-refractivity contribution in [2.45, 2.75) is 0 Å². The van der Waals surface area contributed by atoms with Crippen molar-refractivity contribution < 1.29 is 4.39 Å². The fourth-order valence-electron chi connectivity index (χ4n) is 1.96. The van der Waals surface area contributed by atoms with Gasteiger partial charge in [0.2, 0.25) is 0 Å². The molecule has 0 aliphatic heterocycles. The van der Waals surface area contributed by atoms with E-state index in [4.69, 9.17) is 5.73 Å². The van der Waals surface area contributed by atoms with Gasteiger partial charge in [0.05, 0.1) is 11.8 Å². The van der Waals surface area contributed by atoms with E-state index < -0.39 is 0 Å². The van der Waals surface area contributed by atoms with Crippen LogP contribution in [-0.2, 0) is 7.05 Å². The number of nitrogen functional groups attached to an aromatic ring is 1. The third-order valence-electron chi connectivity index (χ3n) is 2.86. The van der Waals surface area contributed by atoms with Crippen molar-refractivity contribution in [3.63, 3.8) is 0 Å². The first kappa shape index (κ1) is 11.4. The Labute approximate surface area is 108 Å². The molecule has 0 saturated carbocycles. The van der Waals surface area contributed by atoms with Crippen LogP contribution >= 0.6 is 0 Å². The molecule has 2 heterocycles. The predicted octanol–water partition coefficient (Wildman–Crippen LogP) is 1.59. The number of aromatic nitrogens is 5. The number of nitrogens with one attached hydrogen (secondary N) is 1. The van der Waals surface area contributed by atoms with Gasteiger partial charge in [0, 0.05) is 7.05 Å². The van der Waals surface area contributed by atoms with Crippen LogP contribution < -0.4 is 5.73 Å². The highest BCUT2D eigenvalue weighted by molar-refractivity contribution is 5.86. The average Bonchev–Trinajstić information content (AvgIpc) is 2.99. The van der Waals surface area contributed by atoms with Crippen LogP contribution in [0.1, 0.15) is 0 Å². The zero-order valence-corrected chi connectivity index (χ0v) is 10.1. The molecule has 0 atom stereocenters. The van der Waals surface area contributed by atoms with E-state index in [1.54, 1.807) is 25.4 Å². The van der Waals surface area contributed by atoms with E-state index in [-0.39, 0.29) is 5.82 Å². The van der Waals surface area contributed by atoms with Crippen molar-refractivity contribution >= 4 is 5.82 Å². The van der Waals surface area contributed by atoms with Crippen molar-refractivity contribution in [3.05, 3.63) is 36.3 Å². The Balaban J connectivity index is 2.26. The Kier molecular flexibility index (Phi) is 2.52. The minimum atomic E-state index is -0.327. The van der Waals surface area contributed by atoms with Crippen LogP contribution in [0.5, 0.6) is 0 Å². The number of halogens is 1. The number of rotatable bonds is 2. The fraction of sp³-hybridized carbons (Fsp3) is 0.0833. The van der Waals surface area contributed by atoms with Crippen molar-refractivity contribution in [1.29, 1.82) is 0 Å². The van der Waals surface area contributed by atoms with Gasteiger partial charge in [-0.2, -0.15) is 20.5 Å². The maximum absolute atomic E-state index is 13.4. The monoisotopic (exact) mass is 258 g/mol. The summed E-state index contributed by atoms with van der Waals surface area (Å²) in [5.74, 6) is 0.121. The number of H-pyrrole nitrogens is 1. The maximum atomic E-state index is 13.4. The highest BCUT2D eigenvalue weighted by atomic mass is 19.1. The highest BCUT2D eigenvalue weighted by Crippen LogP contribution is 2.34. The molecule has 6 nitrogen and oxygen atoms in total. The van der Waals surface area contributed by atoms with Crippen LogP contribution in [-0.4, -0.2) is 25.2 Å². The molecule has 0 unspecified atom stereocenters. The van der Waals surface area contributed by atoms with Gasteiger partial charge in [-0.15, -0.1) is 0 Å². The summed E-state index contributed by atoms with van der Waals surface area (Å²) in [6.07, 6.45) is 1.55. The molecule has 3 N–H and O–H groups in total. The van der Waals surface area contributed by atoms with Crippen molar-refractivity contribution in [1.82, 2.24) is 25.2 Å². The van der Waals surface area contributed by atoms with Gasteiger partial charge in [0.15, 0.2) is 0 Å². The number of hydrogen-bond donors (Lipinski definition) is 2. The second-order valence-corrected chi connectivity index (χ2v) is 4.10. The van der Waals surface area contributed by atoms with Gasteiger partial charge < -0.3 is 5.73 Å². The van der Waals surface area contributed by atoms with E-state index in [1.807, 2.05) is 0 Å². The molecule has 0 aliphatic carbocycles. The molecule has 0 bridgehead atoms. The third kappa shape index (κ3) is 1.85. The first-order chi connectivity index (χ1) is 9.16. The molecule has 3 aromatic rings. The van der Waals surface area contributed by atoms with Gasteiger partial charge >= 0.3 is 0 Å². The molecule has 1 aromatic carbocycles. The smallest absolute Gasteiger partial charge is 0.133 e. The molecule has 0 amide bonds. The second kappa shape index (κ2) is 4.20. The molecular formula is C12H11FN6. The van der Waals surface area contributed by atoms with Crippen molar-refractivity contribution in [2.75, 3.05) is 5.73 Å². The van der Waals surface area contributed by atoms with Crippen molar-refractivity contribution in [2.24, 2.45) is 7.05 Å². The third-order valence-corrected chi connectivity index (χ3v) is 2.86. The molecule has 0 radical (unpaired) electrons. The van der Waals surface area contributed by atoms with Crippen LogP contribution in [0.25, 0.3) is 22.5 Å². The van der Waals surface area contributed by atoms with E-state index in [2.05, 4.69) is 20.5 Å². The lowest BCUT2D eigenvalue weighted by molar-refractivity contribution is 0.628. The Hall–Kier alpha value is -2.70. The minimum Gasteiger partial charge on any atom is -0.383 e. The summed E-state index contributed by atoms with van der Waals surface area (Å²) in [6.45, 7) is 0. The van der Waals surface area contributed by atoms with Crippen LogP contribution in [0.3, 0.4) is 0 Å². The molecule has 2 aromatic heterocycles. The van der Waals surface area contributed by atoms with E-state index in [0.717, 1.165) is 0 Å². The number of benzene rings is 1. The second-order valence-electron chi connectivity index (χ2n) is 4.10. The number of aryl methyl sites for hydroxylation is 1. The number of aromatic amines is 1. The van der Waals surface area contributed by atoms with Gasteiger partial charge in [-0.1, -0.05) is 12.1 Å². The lowest BCUT2D eigenvalue weighted by Gasteiger charge is -2.02. The van der Waals surface area contributed by atoms with E-state index in [9.17, 15) is 4.39 Å². The molecule has 3 rings (SSSR count). The lowest BCUT2D eigenvalue weighted by Crippen LogP contribution is -1.98. The normalized spacial score (nSPS) is 10.8. The summed E-state index contributed by atoms with van der Waals surface area (Å²) >= 11 is 0. The van der Waals surface area contributed by atoms with Crippen LogP contribution in [0.15, 0.2) is 30.5 Å². The molecule has 7 heteroatoms. The van der Waals surface area contributed by atoms with Crippen LogP contribution in [0.4, 0.5) is 10.2 Å². The predicted molar refractivity (Wildman–Crippen MR) is 68.4 cm³/mol. The number of nitrogens with two attached hydrogens (primary N) is 1. The summed E-state index contributed by atoms with van der Waals surface area (Å²) in [5.41, 5.74) is 8.45. The largest absolute Gasteiger partial charge is 0.383 e. The van der Waals surface area contributed by atoms with Gasteiger partial charge in [0.25, 0.3) is 0 Å². The Morgan fingerprint density at radius 3 is 2.89 bits per heavy atom. The first-order valence-electron chi connectivity index (χ1n) is 5.61. The Morgan fingerprint density at radius 2 is 2.21 bits per heavy atom. The Morgan fingerprint density at radius 1 is 1.37 bits per heavy atom. The molecule has 0 aliphatic rings. The average molecular weight is 258 g/mol. The lowest BCUT2D eigenvalue weighted by atomic mass is 10.0. The first-order valence-corrected chi connectivity index (χ1v) is 5.61. The minimum absolute atomic E-state index is 0.327. The molecule has 19 heavy (non-hydrogen) atoms.